The number of anilines is 2. The molecule has 0 heterocycles. The molecule has 0 atom stereocenters. The molecule has 0 aliphatic rings. The highest BCUT2D eigenvalue weighted by Crippen LogP contribution is 2.23. The molecule has 0 aromatic heterocycles. The fourth-order valence-electron chi connectivity index (χ4n) is 1.68. The Balaban J connectivity index is 2.07. The van der Waals surface area contributed by atoms with Gasteiger partial charge in [-0.15, -0.1) is 0 Å². The first-order chi connectivity index (χ1) is 9.45. The van der Waals surface area contributed by atoms with Gasteiger partial charge in [0.25, 0.3) is 0 Å². The van der Waals surface area contributed by atoms with Gasteiger partial charge in [-0.3, -0.25) is 0 Å². The minimum absolute atomic E-state index is 0.365. The van der Waals surface area contributed by atoms with Gasteiger partial charge in [0.2, 0.25) is 0 Å². The maximum absolute atomic E-state index is 11.9. The first-order valence-electron chi connectivity index (χ1n) is 6.06. The van der Waals surface area contributed by atoms with Crippen LogP contribution in [0.2, 0.25) is 10.0 Å². The summed E-state index contributed by atoms with van der Waals surface area (Å²) in [6.07, 6.45) is 0. The van der Waals surface area contributed by atoms with E-state index in [0.717, 1.165) is 11.1 Å². The predicted molar refractivity (Wildman–Crippen MR) is 85.0 cm³/mol. The third-order valence-corrected chi connectivity index (χ3v) is 3.52. The second-order valence-electron chi connectivity index (χ2n) is 4.53. The molecule has 2 rings (SSSR count). The molecule has 2 aromatic carbocycles. The van der Waals surface area contributed by atoms with E-state index in [4.69, 9.17) is 23.2 Å². The summed E-state index contributed by atoms with van der Waals surface area (Å²) >= 11 is 12.1. The molecule has 5 heteroatoms. The van der Waals surface area contributed by atoms with Crippen molar-refractivity contribution in [3.63, 3.8) is 0 Å². The standard InChI is InChI=1S/C15H14Cl2N2O/c1-9-3-6-14(13(17)7-9)19-15(20)18-11-5-4-10(2)12(16)8-11/h3-8H,1-2H3,(H2,18,19,20). The Bertz CT molecular complexity index is 656. The smallest absolute Gasteiger partial charge is 0.308 e. The largest absolute Gasteiger partial charge is 0.323 e. The van der Waals surface area contributed by atoms with E-state index in [1.807, 2.05) is 26.0 Å². The van der Waals surface area contributed by atoms with Gasteiger partial charge in [0.1, 0.15) is 0 Å². The molecule has 3 nitrogen and oxygen atoms in total. The first-order valence-corrected chi connectivity index (χ1v) is 6.81. The maximum atomic E-state index is 11.9. The molecule has 0 aliphatic carbocycles. The van der Waals surface area contributed by atoms with Gasteiger partial charge in [0.15, 0.2) is 0 Å². The number of amides is 2. The van der Waals surface area contributed by atoms with Crippen molar-refractivity contribution in [1.29, 1.82) is 0 Å². The number of hydrogen-bond acceptors (Lipinski definition) is 1. The fraction of sp³-hybridized carbons (Fsp3) is 0.133. The highest BCUT2D eigenvalue weighted by atomic mass is 35.5. The molecule has 0 aliphatic heterocycles. The molecule has 0 bridgehead atoms. The third kappa shape index (κ3) is 3.65. The van der Waals surface area contributed by atoms with Crippen molar-refractivity contribution in [2.45, 2.75) is 13.8 Å². The van der Waals surface area contributed by atoms with E-state index >= 15 is 0 Å². The van der Waals surface area contributed by atoms with Crippen molar-refractivity contribution in [2.24, 2.45) is 0 Å². The van der Waals surface area contributed by atoms with E-state index in [-0.39, 0.29) is 6.03 Å². The number of hydrogen-bond donors (Lipinski definition) is 2. The van der Waals surface area contributed by atoms with Crippen molar-refractivity contribution >= 4 is 40.6 Å². The van der Waals surface area contributed by atoms with Crippen LogP contribution in [0.25, 0.3) is 0 Å². The zero-order valence-corrected chi connectivity index (χ0v) is 12.6. The van der Waals surface area contributed by atoms with E-state index in [9.17, 15) is 4.79 Å². The van der Waals surface area contributed by atoms with E-state index < -0.39 is 0 Å². The van der Waals surface area contributed by atoms with Crippen LogP contribution in [0.4, 0.5) is 16.2 Å². The number of urea groups is 1. The molecule has 2 N–H and O–H groups in total. The number of halogens is 2. The lowest BCUT2D eigenvalue weighted by Crippen LogP contribution is -2.19. The van der Waals surface area contributed by atoms with Gasteiger partial charge in [0, 0.05) is 10.7 Å². The van der Waals surface area contributed by atoms with Crippen molar-refractivity contribution in [2.75, 3.05) is 10.6 Å². The van der Waals surface area contributed by atoms with Crippen LogP contribution in [0.15, 0.2) is 36.4 Å². The predicted octanol–water partition coefficient (Wildman–Crippen LogP) is 5.25. The lowest BCUT2D eigenvalue weighted by Gasteiger charge is -2.10. The molecule has 2 amide bonds. The number of carbonyl (C=O) groups is 1. The van der Waals surface area contributed by atoms with Crippen LogP contribution in [0.5, 0.6) is 0 Å². The zero-order valence-electron chi connectivity index (χ0n) is 11.1. The molecule has 0 saturated heterocycles. The van der Waals surface area contributed by atoms with Gasteiger partial charge in [0.05, 0.1) is 10.7 Å². The lowest BCUT2D eigenvalue weighted by atomic mass is 10.2. The second-order valence-corrected chi connectivity index (χ2v) is 5.34. The van der Waals surface area contributed by atoms with Gasteiger partial charge in [-0.1, -0.05) is 35.3 Å². The molecule has 0 spiro atoms. The normalized spacial score (nSPS) is 10.2. The number of nitrogens with one attached hydrogen (secondary N) is 2. The summed E-state index contributed by atoms with van der Waals surface area (Å²) in [6.45, 7) is 3.84. The first kappa shape index (κ1) is 14.7. The van der Waals surface area contributed by atoms with Crippen molar-refractivity contribution in [3.05, 3.63) is 57.6 Å². The Morgan fingerprint density at radius 1 is 0.950 bits per heavy atom. The highest BCUT2D eigenvalue weighted by Gasteiger charge is 2.07. The van der Waals surface area contributed by atoms with Crippen molar-refractivity contribution < 1.29 is 4.79 Å². The molecular formula is C15H14Cl2N2O. The minimum atomic E-state index is -0.365. The Kier molecular flexibility index (Phi) is 4.53. The van der Waals surface area contributed by atoms with Gasteiger partial charge < -0.3 is 10.6 Å². The molecule has 2 aromatic rings. The van der Waals surface area contributed by atoms with E-state index in [1.54, 1.807) is 24.3 Å². The van der Waals surface area contributed by atoms with Crippen LogP contribution < -0.4 is 10.6 Å². The summed E-state index contributed by atoms with van der Waals surface area (Å²) in [4.78, 5) is 11.9. The highest BCUT2D eigenvalue weighted by molar-refractivity contribution is 6.34. The summed E-state index contributed by atoms with van der Waals surface area (Å²) in [5.41, 5.74) is 3.18. The summed E-state index contributed by atoms with van der Waals surface area (Å²) in [5, 5.41) is 6.51. The Morgan fingerprint density at radius 3 is 2.35 bits per heavy atom. The summed E-state index contributed by atoms with van der Waals surface area (Å²) in [5.74, 6) is 0. The van der Waals surface area contributed by atoms with Gasteiger partial charge in [-0.05, 0) is 49.2 Å². The van der Waals surface area contributed by atoms with Gasteiger partial charge in [-0.25, -0.2) is 4.79 Å². The monoisotopic (exact) mass is 308 g/mol. The Labute approximate surface area is 127 Å². The lowest BCUT2D eigenvalue weighted by molar-refractivity contribution is 0.262. The minimum Gasteiger partial charge on any atom is -0.308 e. The number of aryl methyl sites for hydroxylation is 2. The fourth-order valence-corrected chi connectivity index (χ4v) is 2.14. The van der Waals surface area contributed by atoms with Crippen LogP contribution >= 0.6 is 23.2 Å². The summed E-state index contributed by atoms with van der Waals surface area (Å²) in [7, 11) is 0. The number of benzene rings is 2. The number of carbonyl (C=O) groups excluding carboxylic acids is 1. The molecule has 0 unspecified atom stereocenters. The van der Waals surface area contributed by atoms with E-state index in [0.29, 0.717) is 21.4 Å². The number of rotatable bonds is 2. The Hall–Kier alpha value is -1.71. The second kappa shape index (κ2) is 6.16. The van der Waals surface area contributed by atoms with Crippen LogP contribution in [0, 0.1) is 13.8 Å². The van der Waals surface area contributed by atoms with E-state index in [2.05, 4.69) is 10.6 Å². The molecule has 20 heavy (non-hydrogen) atoms. The molecule has 0 saturated carbocycles. The van der Waals surface area contributed by atoms with Crippen LogP contribution in [0.3, 0.4) is 0 Å². The maximum Gasteiger partial charge on any atom is 0.323 e. The van der Waals surface area contributed by atoms with Crippen LogP contribution in [-0.2, 0) is 0 Å². The molecule has 104 valence electrons. The molecular weight excluding hydrogens is 295 g/mol. The third-order valence-electron chi connectivity index (χ3n) is 2.80. The van der Waals surface area contributed by atoms with E-state index in [1.165, 1.54) is 0 Å². The van der Waals surface area contributed by atoms with Crippen molar-refractivity contribution in [3.8, 4) is 0 Å². The quantitative estimate of drug-likeness (QED) is 0.781. The topological polar surface area (TPSA) is 41.1 Å². The average molecular weight is 309 g/mol. The SMILES string of the molecule is Cc1ccc(NC(=O)Nc2ccc(C)c(Cl)c2)c(Cl)c1. The summed E-state index contributed by atoms with van der Waals surface area (Å²) in [6, 6.07) is 10.4. The van der Waals surface area contributed by atoms with Gasteiger partial charge in [-0.2, -0.15) is 0 Å². The molecule has 0 radical (unpaired) electrons. The van der Waals surface area contributed by atoms with Crippen LogP contribution in [-0.4, -0.2) is 6.03 Å². The molecule has 0 fully saturated rings. The zero-order chi connectivity index (χ0) is 14.7. The van der Waals surface area contributed by atoms with Crippen molar-refractivity contribution in [1.82, 2.24) is 0 Å². The Morgan fingerprint density at radius 2 is 1.70 bits per heavy atom. The summed E-state index contributed by atoms with van der Waals surface area (Å²) < 4.78 is 0. The van der Waals surface area contributed by atoms with Gasteiger partial charge >= 0.3 is 6.03 Å². The average Bonchev–Trinajstić information content (AvgIpc) is 2.37. The van der Waals surface area contributed by atoms with Crippen LogP contribution in [0.1, 0.15) is 11.1 Å².